The molecule has 29 heavy (non-hydrogen) atoms. The van der Waals surface area contributed by atoms with E-state index in [0.717, 1.165) is 11.1 Å². The number of methoxy groups -OCH3 is 1. The molecule has 0 unspecified atom stereocenters. The smallest absolute Gasteiger partial charge is 0.309 e. The van der Waals surface area contributed by atoms with Gasteiger partial charge in [-0.2, -0.15) is 0 Å². The highest BCUT2D eigenvalue weighted by Gasteiger charge is 2.17. The van der Waals surface area contributed by atoms with Gasteiger partial charge >= 0.3 is 5.97 Å². The summed E-state index contributed by atoms with van der Waals surface area (Å²) in [4.78, 5) is 24.1. The van der Waals surface area contributed by atoms with Crippen LogP contribution in [0.4, 0.5) is 5.69 Å². The Labute approximate surface area is 177 Å². The van der Waals surface area contributed by atoms with Crippen molar-refractivity contribution in [2.45, 2.75) is 19.9 Å². The largest absolute Gasteiger partial charge is 0.469 e. The van der Waals surface area contributed by atoms with Gasteiger partial charge in [0.15, 0.2) is 5.69 Å². The first kappa shape index (κ1) is 20.8. The normalized spacial score (nSPS) is 10.6. The molecule has 2 aromatic carbocycles. The predicted molar refractivity (Wildman–Crippen MR) is 110 cm³/mol. The zero-order valence-electron chi connectivity index (χ0n) is 15.8. The Bertz CT molecular complexity index is 1070. The van der Waals surface area contributed by atoms with Gasteiger partial charge in [-0.1, -0.05) is 46.6 Å². The fourth-order valence-corrected chi connectivity index (χ4v) is 3.04. The lowest BCUT2D eigenvalue weighted by atomic mass is 10.1. The van der Waals surface area contributed by atoms with Crippen molar-refractivity contribution < 1.29 is 14.3 Å². The number of aromatic nitrogens is 3. The molecular formula is C20H18Cl2N4O3. The van der Waals surface area contributed by atoms with E-state index >= 15 is 0 Å². The lowest BCUT2D eigenvalue weighted by Crippen LogP contribution is -2.15. The highest BCUT2D eigenvalue weighted by Crippen LogP contribution is 2.23. The number of carbonyl (C=O) groups excluding carboxylic acids is 2. The maximum atomic E-state index is 12.6. The number of benzene rings is 2. The molecule has 0 bridgehead atoms. The van der Waals surface area contributed by atoms with Crippen LogP contribution < -0.4 is 5.32 Å². The van der Waals surface area contributed by atoms with Gasteiger partial charge in [0.05, 0.1) is 35.8 Å². The minimum atomic E-state index is -0.391. The molecule has 0 fully saturated rings. The Morgan fingerprint density at radius 1 is 1.10 bits per heavy atom. The van der Waals surface area contributed by atoms with Crippen LogP contribution in [0.25, 0.3) is 0 Å². The van der Waals surface area contributed by atoms with Gasteiger partial charge in [0, 0.05) is 5.69 Å². The van der Waals surface area contributed by atoms with E-state index in [4.69, 9.17) is 23.2 Å². The number of halogens is 2. The van der Waals surface area contributed by atoms with Gasteiger partial charge in [-0.25, -0.2) is 4.68 Å². The summed E-state index contributed by atoms with van der Waals surface area (Å²) in [6.07, 6.45) is 0.124. The Hall–Kier alpha value is -2.90. The molecule has 0 radical (unpaired) electrons. The summed E-state index contributed by atoms with van der Waals surface area (Å²) in [7, 11) is 1.33. The molecule has 3 rings (SSSR count). The number of hydrogen-bond acceptors (Lipinski definition) is 5. The Balaban J connectivity index is 1.73. The molecule has 0 spiro atoms. The molecule has 150 valence electrons. The van der Waals surface area contributed by atoms with Crippen molar-refractivity contribution in [3.8, 4) is 0 Å². The number of amides is 1. The van der Waals surface area contributed by atoms with Gasteiger partial charge in [-0.3, -0.25) is 9.59 Å². The maximum absolute atomic E-state index is 12.6. The Morgan fingerprint density at radius 2 is 1.90 bits per heavy atom. The molecule has 3 aromatic rings. The van der Waals surface area contributed by atoms with Crippen molar-refractivity contribution in [1.29, 1.82) is 0 Å². The van der Waals surface area contributed by atoms with Crippen molar-refractivity contribution >= 4 is 40.8 Å². The van der Waals surface area contributed by atoms with E-state index in [1.807, 2.05) is 6.07 Å². The van der Waals surface area contributed by atoms with Crippen molar-refractivity contribution in [2.75, 3.05) is 12.4 Å². The molecule has 0 aliphatic carbocycles. The second kappa shape index (κ2) is 9.07. The summed E-state index contributed by atoms with van der Waals surface area (Å²) in [6.45, 7) is 2.16. The lowest BCUT2D eigenvalue weighted by molar-refractivity contribution is -0.139. The first-order chi connectivity index (χ1) is 13.9. The van der Waals surface area contributed by atoms with Crippen LogP contribution in [0.3, 0.4) is 0 Å². The lowest BCUT2D eigenvalue weighted by Gasteiger charge is -2.07. The van der Waals surface area contributed by atoms with Gasteiger partial charge in [0.25, 0.3) is 5.91 Å². The molecule has 0 saturated heterocycles. The van der Waals surface area contributed by atoms with Gasteiger partial charge in [0.2, 0.25) is 0 Å². The zero-order chi connectivity index (χ0) is 21.0. The van der Waals surface area contributed by atoms with Crippen molar-refractivity contribution in [3.05, 3.63) is 75.0 Å². The van der Waals surface area contributed by atoms with E-state index in [1.54, 1.807) is 48.0 Å². The van der Waals surface area contributed by atoms with Crippen LogP contribution in [0.15, 0.2) is 42.5 Å². The number of nitrogens with one attached hydrogen (secondary N) is 1. The monoisotopic (exact) mass is 432 g/mol. The second-order valence-electron chi connectivity index (χ2n) is 6.34. The van der Waals surface area contributed by atoms with E-state index in [-0.39, 0.29) is 18.1 Å². The fraction of sp³-hybridized carbons (Fsp3) is 0.200. The van der Waals surface area contributed by atoms with E-state index in [9.17, 15) is 9.59 Å². The molecule has 0 aliphatic heterocycles. The maximum Gasteiger partial charge on any atom is 0.309 e. The Kier molecular flexibility index (Phi) is 6.51. The molecule has 1 amide bonds. The molecule has 9 heteroatoms. The first-order valence-electron chi connectivity index (χ1n) is 8.68. The number of nitrogens with zero attached hydrogens (tertiary/aromatic N) is 3. The molecule has 0 aliphatic rings. The molecule has 1 heterocycles. The van der Waals surface area contributed by atoms with Crippen LogP contribution >= 0.6 is 23.2 Å². The summed E-state index contributed by atoms with van der Waals surface area (Å²) in [5.41, 5.74) is 2.99. The van der Waals surface area contributed by atoms with Crippen molar-refractivity contribution in [3.63, 3.8) is 0 Å². The average Bonchev–Trinajstić information content (AvgIpc) is 3.05. The Morgan fingerprint density at radius 3 is 2.62 bits per heavy atom. The molecule has 0 saturated carbocycles. The van der Waals surface area contributed by atoms with Crippen LogP contribution in [0.2, 0.25) is 10.0 Å². The third kappa shape index (κ3) is 5.13. The van der Waals surface area contributed by atoms with Gasteiger partial charge in [-0.05, 0) is 42.3 Å². The summed E-state index contributed by atoms with van der Waals surface area (Å²) in [5, 5.41) is 11.8. The molecule has 1 N–H and O–H groups in total. The van der Waals surface area contributed by atoms with E-state index in [0.29, 0.717) is 28.0 Å². The van der Waals surface area contributed by atoms with Crippen molar-refractivity contribution in [2.24, 2.45) is 0 Å². The van der Waals surface area contributed by atoms with Crippen molar-refractivity contribution in [1.82, 2.24) is 15.0 Å². The first-order valence-corrected chi connectivity index (χ1v) is 9.44. The van der Waals surface area contributed by atoms with Crippen LogP contribution in [-0.2, 0) is 22.5 Å². The van der Waals surface area contributed by atoms with Gasteiger partial charge < -0.3 is 10.1 Å². The summed E-state index contributed by atoms with van der Waals surface area (Å²) in [6, 6.07) is 12.3. The number of anilines is 1. The number of ether oxygens (including phenoxy) is 1. The minimum absolute atomic E-state index is 0.124. The average molecular weight is 433 g/mol. The highest BCUT2D eigenvalue weighted by molar-refractivity contribution is 6.42. The number of esters is 1. The molecule has 7 nitrogen and oxygen atoms in total. The number of rotatable bonds is 6. The summed E-state index contributed by atoms with van der Waals surface area (Å²) >= 11 is 12.0. The third-order valence-electron chi connectivity index (χ3n) is 4.27. The quantitative estimate of drug-likeness (QED) is 0.596. The molecule has 0 atom stereocenters. The molecule has 1 aromatic heterocycles. The standard InChI is InChI=1S/C20H18Cl2N4O3/c1-12-19(24-25-26(12)11-14-6-7-16(21)17(22)9-14)20(28)23-15-5-3-4-13(8-15)10-18(27)29-2/h3-9H,10-11H2,1-2H3,(H,23,28). The van der Waals surface area contributed by atoms with Gasteiger partial charge in [-0.15, -0.1) is 5.10 Å². The zero-order valence-corrected chi connectivity index (χ0v) is 17.3. The SMILES string of the molecule is COC(=O)Cc1cccc(NC(=O)c2nnn(Cc3ccc(Cl)c(Cl)c3)c2C)c1. The third-order valence-corrected chi connectivity index (χ3v) is 5.01. The fourth-order valence-electron chi connectivity index (χ4n) is 2.72. The van der Waals surface area contributed by atoms with E-state index < -0.39 is 5.91 Å². The van der Waals surface area contributed by atoms with Crippen LogP contribution in [0.1, 0.15) is 27.3 Å². The summed E-state index contributed by atoms with van der Waals surface area (Å²) in [5.74, 6) is -0.743. The summed E-state index contributed by atoms with van der Waals surface area (Å²) < 4.78 is 6.28. The van der Waals surface area contributed by atoms with Gasteiger partial charge in [0.1, 0.15) is 0 Å². The second-order valence-corrected chi connectivity index (χ2v) is 7.15. The highest BCUT2D eigenvalue weighted by atomic mass is 35.5. The van der Waals surface area contributed by atoms with E-state index in [2.05, 4.69) is 20.4 Å². The number of carbonyl (C=O) groups is 2. The molecular weight excluding hydrogens is 415 g/mol. The number of hydrogen-bond donors (Lipinski definition) is 1. The minimum Gasteiger partial charge on any atom is -0.469 e. The van der Waals surface area contributed by atoms with E-state index in [1.165, 1.54) is 7.11 Å². The predicted octanol–water partition coefficient (Wildman–Crippen LogP) is 3.91. The van der Waals surface area contributed by atoms with Crippen LogP contribution in [0, 0.1) is 6.92 Å². The van der Waals surface area contributed by atoms with Crippen LogP contribution in [0.5, 0.6) is 0 Å². The van der Waals surface area contributed by atoms with Crippen LogP contribution in [-0.4, -0.2) is 34.0 Å². The topological polar surface area (TPSA) is 86.1 Å².